The van der Waals surface area contributed by atoms with Crippen molar-refractivity contribution in [2.75, 3.05) is 7.11 Å². The highest BCUT2D eigenvalue weighted by molar-refractivity contribution is 5.90. The predicted octanol–water partition coefficient (Wildman–Crippen LogP) is 3.19. The van der Waals surface area contributed by atoms with Gasteiger partial charge < -0.3 is 19.6 Å². The summed E-state index contributed by atoms with van der Waals surface area (Å²) in [5, 5.41) is 12.7. The molecular weight excluding hydrogens is 294 g/mol. The van der Waals surface area contributed by atoms with E-state index in [-0.39, 0.29) is 11.7 Å². The van der Waals surface area contributed by atoms with Crippen molar-refractivity contribution in [3.05, 3.63) is 53.0 Å². The molecule has 0 aliphatic rings. The fraction of sp³-hybridized carbons (Fsp3) is 0.389. The third-order valence-electron chi connectivity index (χ3n) is 3.80. The molecule has 0 bridgehead atoms. The van der Waals surface area contributed by atoms with Crippen LogP contribution in [0.4, 0.5) is 0 Å². The minimum Gasteiger partial charge on any atom is -0.508 e. The largest absolute Gasteiger partial charge is 0.508 e. The number of hydrogen-bond acceptors (Lipinski definition) is 5. The van der Waals surface area contributed by atoms with Gasteiger partial charge in [-0.1, -0.05) is 12.1 Å². The summed E-state index contributed by atoms with van der Waals surface area (Å²) in [4.78, 5) is 11.5. The lowest BCUT2D eigenvalue weighted by molar-refractivity contribution is 0.0599. The van der Waals surface area contributed by atoms with Gasteiger partial charge >= 0.3 is 5.97 Å². The molecule has 1 atom stereocenters. The molecule has 0 aliphatic heterocycles. The summed E-state index contributed by atoms with van der Waals surface area (Å²) in [6, 6.07) is 9.29. The van der Waals surface area contributed by atoms with E-state index >= 15 is 0 Å². The second-order valence-corrected chi connectivity index (χ2v) is 5.66. The van der Waals surface area contributed by atoms with Gasteiger partial charge in [-0.3, -0.25) is 0 Å². The molecule has 0 radical (unpaired) electrons. The Balaban J connectivity index is 1.81. The number of aryl methyl sites for hydroxylation is 2. The smallest absolute Gasteiger partial charge is 0.341 e. The summed E-state index contributed by atoms with van der Waals surface area (Å²) >= 11 is 0. The van der Waals surface area contributed by atoms with Gasteiger partial charge in [-0.25, -0.2) is 4.79 Å². The summed E-state index contributed by atoms with van der Waals surface area (Å²) in [7, 11) is 1.36. The minimum atomic E-state index is -0.377. The zero-order valence-electron chi connectivity index (χ0n) is 13.8. The van der Waals surface area contributed by atoms with E-state index in [1.165, 1.54) is 12.7 Å². The van der Waals surface area contributed by atoms with Crippen LogP contribution in [-0.2, 0) is 17.7 Å². The number of methoxy groups -OCH3 is 1. The number of esters is 1. The van der Waals surface area contributed by atoms with E-state index in [2.05, 4.69) is 12.2 Å². The van der Waals surface area contributed by atoms with Crippen molar-refractivity contribution in [3.63, 3.8) is 0 Å². The molecule has 5 nitrogen and oxygen atoms in total. The zero-order valence-corrected chi connectivity index (χ0v) is 13.8. The van der Waals surface area contributed by atoms with Crippen molar-refractivity contribution in [2.45, 2.75) is 39.3 Å². The number of hydrogen-bond donors (Lipinski definition) is 2. The van der Waals surface area contributed by atoms with Crippen molar-refractivity contribution in [2.24, 2.45) is 0 Å². The number of rotatable bonds is 7. The fourth-order valence-electron chi connectivity index (χ4n) is 2.37. The topological polar surface area (TPSA) is 71.7 Å². The summed E-state index contributed by atoms with van der Waals surface area (Å²) < 4.78 is 10.3. The maximum atomic E-state index is 11.5. The average Bonchev–Trinajstić information content (AvgIpc) is 2.92. The third-order valence-corrected chi connectivity index (χ3v) is 3.80. The SMILES string of the molecule is COC(=O)c1cc(CNC(C)CCc2ccc(O)cc2)oc1C. The number of phenols is 1. The number of ether oxygens (including phenoxy) is 1. The quantitative estimate of drug-likeness (QED) is 0.767. The molecule has 1 heterocycles. The maximum Gasteiger partial charge on any atom is 0.341 e. The van der Waals surface area contributed by atoms with Crippen LogP contribution in [0.5, 0.6) is 5.75 Å². The Hall–Kier alpha value is -2.27. The van der Waals surface area contributed by atoms with Crippen molar-refractivity contribution in [3.8, 4) is 5.75 Å². The van der Waals surface area contributed by atoms with Crippen LogP contribution >= 0.6 is 0 Å². The molecule has 0 saturated heterocycles. The normalized spacial score (nSPS) is 12.1. The molecule has 0 aliphatic carbocycles. The van der Waals surface area contributed by atoms with Crippen molar-refractivity contribution >= 4 is 5.97 Å². The van der Waals surface area contributed by atoms with E-state index in [9.17, 15) is 9.90 Å². The first-order valence-electron chi connectivity index (χ1n) is 7.68. The predicted molar refractivity (Wildman–Crippen MR) is 87.5 cm³/mol. The van der Waals surface area contributed by atoms with Gasteiger partial charge in [-0.05, 0) is 50.5 Å². The van der Waals surface area contributed by atoms with E-state index in [0.717, 1.165) is 18.6 Å². The minimum absolute atomic E-state index is 0.287. The third kappa shape index (κ3) is 4.86. The van der Waals surface area contributed by atoms with Gasteiger partial charge in [-0.2, -0.15) is 0 Å². The second kappa shape index (κ2) is 7.83. The molecule has 124 valence electrons. The van der Waals surface area contributed by atoms with Crippen LogP contribution in [0.1, 0.15) is 40.8 Å². The zero-order chi connectivity index (χ0) is 16.8. The van der Waals surface area contributed by atoms with Gasteiger partial charge in [0, 0.05) is 6.04 Å². The number of carbonyl (C=O) groups excluding carboxylic acids is 1. The van der Waals surface area contributed by atoms with E-state index < -0.39 is 0 Å². The maximum absolute atomic E-state index is 11.5. The Kier molecular flexibility index (Phi) is 5.82. The van der Waals surface area contributed by atoms with Crippen molar-refractivity contribution in [1.29, 1.82) is 0 Å². The van der Waals surface area contributed by atoms with Crippen LogP contribution in [0.25, 0.3) is 0 Å². The standard InChI is InChI=1S/C18H23NO4/c1-12(4-5-14-6-8-15(20)9-7-14)19-11-16-10-17(13(2)23-16)18(21)22-3/h6-10,12,19-20H,4-5,11H2,1-3H3. The first kappa shape index (κ1) is 17.1. The van der Waals surface area contributed by atoms with Gasteiger partial charge in [0.2, 0.25) is 0 Å². The fourth-order valence-corrected chi connectivity index (χ4v) is 2.37. The van der Waals surface area contributed by atoms with Crippen LogP contribution in [0.2, 0.25) is 0 Å². The lowest BCUT2D eigenvalue weighted by Crippen LogP contribution is -2.25. The summed E-state index contributed by atoms with van der Waals surface area (Å²) in [6.45, 7) is 4.43. The highest BCUT2D eigenvalue weighted by Gasteiger charge is 2.15. The van der Waals surface area contributed by atoms with E-state index in [0.29, 0.717) is 23.9 Å². The summed E-state index contributed by atoms with van der Waals surface area (Å²) in [6.07, 6.45) is 1.90. The molecule has 2 rings (SSSR count). The molecule has 0 fully saturated rings. The molecule has 0 spiro atoms. The first-order chi connectivity index (χ1) is 11.0. The number of nitrogens with one attached hydrogen (secondary N) is 1. The highest BCUT2D eigenvalue weighted by atomic mass is 16.5. The van der Waals surface area contributed by atoms with Crippen LogP contribution in [0.3, 0.4) is 0 Å². The molecule has 2 aromatic rings. The van der Waals surface area contributed by atoms with E-state index in [1.54, 1.807) is 25.1 Å². The molecule has 0 amide bonds. The highest BCUT2D eigenvalue weighted by Crippen LogP contribution is 2.16. The number of benzene rings is 1. The van der Waals surface area contributed by atoms with Gasteiger partial charge in [0.05, 0.1) is 13.7 Å². The lowest BCUT2D eigenvalue weighted by Gasteiger charge is -2.12. The van der Waals surface area contributed by atoms with Crippen molar-refractivity contribution in [1.82, 2.24) is 5.32 Å². The Morgan fingerprint density at radius 2 is 2.04 bits per heavy atom. The first-order valence-corrected chi connectivity index (χ1v) is 7.68. The molecule has 23 heavy (non-hydrogen) atoms. The number of aromatic hydroxyl groups is 1. The Morgan fingerprint density at radius 1 is 1.35 bits per heavy atom. The Morgan fingerprint density at radius 3 is 2.70 bits per heavy atom. The Labute approximate surface area is 136 Å². The molecule has 1 unspecified atom stereocenters. The van der Waals surface area contributed by atoms with Gasteiger partial charge in [0.25, 0.3) is 0 Å². The van der Waals surface area contributed by atoms with Gasteiger partial charge in [0.15, 0.2) is 0 Å². The monoisotopic (exact) mass is 317 g/mol. The molecule has 0 saturated carbocycles. The second-order valence-electron chi connectivity index (χ2n) is 5.66. The summed E-state index contributed by atoms with van der Waals surface area (Å²) in [5.41, 5.74) is 1.67. The Bertz CT molecular complexity index is 646. The summed E-state index contributed by atoms with van der Waals surface area (Å²) in [5.74, 6) is 1.21. The number of carbonyl (C=O) groups is 1. The van der Waals surface area contributed by atoms with Crippen LogP contribution in [-0.4, -0.2) is 24.2 Å². The van der Waals surface area contributed by atoms with E-state index in [1.807, 2.05) is 12.1 Å². The molecule has 1 aromatic heterocycles. The molecule has 2 N–H and O–H groups in total. The average molecular weight is 317 g/mol. The van der Waals surface area contributed by atoms with Crippen molar-refractivity contribution < 1.29 is 19.1 Å². The number of furan rings is 1. The van der Waals surface area contributed by atoms with Gasteiger partial charge in [0.1, 0.15) is 22.8 Å². The van der Waals surface area contributed by atoms with Gasteiger partial charge in [-0.15, -0.1) is 0 Å². The number of phenolic OH excluding ortho intramolecular Hbond substituents is 1. The van der Waals surface area contributed by atoms with E-state index in [4.69, 9.17) is 9.15 Å². The molecular formula is C18H23NO4. The molecule has 5 heteroatoms. The van der Waals surface area contributed by atoms with Crippen LogP contribution in [0.15, 0.2) is 34.7 Å². The van der Waals surface area contributed by atoms with Crippen LogP contribution in [0, 0.1) is 6.92 Å². The lowest BCUT2D eigenvalue weighted by atomic mass is 10.1. The molecule has 1 aromatic carbocycles. The van der Waals surface area contributed by atoms with Crippen LogP contribution < -0.4 is 5.32 Å².